The Morgan fingerprint density at radius 2 is 2.23 bits per heavy atom. The minimum absolute atomic E-state index is 0.300. The average Bonchev–Trinajstić information content (AvgIpc) is 2.32. The molecule has 0 amide bonds. The van der Waals surface area contributed by atoms with Crippen molar-refractivity contribution in [3.8, 4) is 0 Å². The van der Waals surface area contributed by atoms with Crippen LogP contribution in [0.1, 0.15) is 45.4 Å². The van der Waals surface area contributed by atoms with Gasteiger partial charge < -0.3 is 4.74 Å². The van der Waals surface area contributed by atoms with Gasteiger partial charge in [0.15, 0.2) is 0 Å². The molecule has 0 bridgehead atoms. The summed E-state index contributed by atoms with van der Waals surface area (Å²) < 4.78 is 5.27. The van der Waals surface area contributed by atoms with Crippen LogP contribution in [-0.4, -0.2) is 19.0 Å². The van der Waals surface area contributed by atoms with Gasteiger partial charge in [0.1, 0.15) is 5.78 Å². The van der Waals surface area contributed by atoms with E-state index >= 15 is 0 Å². The summed E-state index contributed by atoms with van der Waals surface area (Å²) in [5.74, 6) is 0.770. The quantitative estimate of drug-likeness (QED) is 0.496. The molecule has 0 aromatic heterocycles. The van der Waals surface area contributed by atoms with Crippen LogP contribution in [0, 0.1) is 5.92 Å². The minimum atomic E-state index is 0.300. The maximum Gasteiger partial charge on any atom is 0.136 e. The molecular formula is C11H20O2. The third kappa shape index (κ3) is 3.90. The van der Waals surface area contributed by atoms with E-state index in [-0.39, 0.29) is 0 Å². The first-order valence-electron chi connectivity index (χ1n) is 5.45. The van der Waals surface area contributed by atoms with Crippen molar-refractivity contribution in [3.05, 3.63) is 0 Å². The van der Waals surface area contributed by atoms with Gasteiger partial charge >= 0.3 is 0 Å². The van der Waals surface area contributed by atoms with Crippen LogP contribution < -0.4 is 0 Å². The SMILES string of the molecule is CCOCCC1CCCCCC1=O. The molecule has 0 saturated heterocycles. The normalized spacial score (nSPS) is 24.4. The highest BCUT2D eigenvalue weighted by Gasteiger charge is 2.19. The first kappa shape index (κ1) is 10.7. The lowest BCUT2D eigenvalue weighted by Crippen LogP contribution is -2.14. The maximum absolute atomic E-state index is 11.6. The Morgan fingerprint density at radius 1 is 1.38 bits per heavy atom. The van der Waals surface area contributed by atoms with Crippen molar-refractivity contribution in [2.45, 2.75) is 45.4 Å². The smallest absolute Gasteiger partial charge is 0.136 e. The van der Waals surface area contributed by atoms with Crippen LogP contribution >= 0.6 is 0 Å². The van der Waals surface area contributed by atoms with E-state index in [9.17, 15) is 4.79 Å². The van der Waals surface area contributed by atoms with Crippen molar-refractivity contribution < 1.29 is 9.53 Å². The fraction of sp³-hybridized carbons (Fsp3) is 0.909. The molecule has 1 saturated carbocycles. The van der Waals surface area contributed by atoms with Gasteiger partial charge in [-0.3, -0.25) is 4.79 Å². The Balaban J connectivity index is 2.24. The summed E-state index contributed by atoms with van der Waals surface area (Å²) in [5.41, 5.74) is 0. The van der Waals surface area contributed by atoms with Crippen molar-refractivity contribution in [1.29, 1.82) is 0 Å². The predicted molar refractivity (Wildman–Crippen MR) is 52.7 cm³/mol. The second kappa shape index (κ2) is 6.14. The van der Waals surface area contributed by atoms with E-state index in [0.717, 1.165) is 38.9 Å². The number of rotatable bonds is 4. The van der Waals surface area contributed by atoms with Crippen molar-refractivity contribution in [3.63, 3.8) is 0 Å². The average molecular weight is 184 g/mol. The van der Waals surface area contributed by atoms with Crippen LogP contribution in [0.2, 0.25) is 0 Å². The Hall–Kier alpha value is -0.370. The molecule has 1 fully saturated rings. The van der Waals surface area contributed by atoms with Gasteiger partial charge in [-0.15, -0.1) is 0 Å². The Morgan fingerprint density at radius 3 is 3.00 bits per heavy atom. The molecule has 1 aliphatic rings. The van der Waals surface area contributed by atoms with Crippen LogP contribution in [0.5, 0.6) is 0 Å². The van der Waals surface area contributed by atoms with E-state index in [1.165, 1.54) is 12.8 Å². The molecule has 0 radical (unpaired) electrons. The number of Topliss-reactive ketones (excluding diaryl/α,β-unsaturated/α-hetero) is 1. The number of carbonyl (C=O) groups is 1. The summed E-state index contributed by atoms with van der Waals surface area (Å²) in [6.07, 6.45) is 6.39. The number of ether oxygens (including phenoxy) is 1. The third-order valence-electron chi connectivity index (χ3n) is 2.75. The van der Waals surface area contributed by atoms with Crippen molar-refractivity contribution in [2.75, 3.05) is 13.2 Å². The zero-order valence-electron chi connectivity index (χ0n) is 8.55. The van der Waals surface area contributed by atoms with Gasteiger partial charge in [-0.1, -0.05) is 12.8 Å². The number of hydrogen-bond acceptors (Lipinski definition) is 2. The molecule has 0 aliphatic heterocycles. The minimum Gasteiger partial charge on any atom is -0.382 e. The van der Waals surface area contributed by atoms with Gasteiger partial charge in [0.05, 0.1) is 0 Å². The summed E-state index contributed by atoms with van der Waals surface area (Å²) in [7, 11) is 0. The highest BCUT2D eigenvalue weighted by Crippen LogP contribution is 2.22. The molecule has 1 aliphatic carbocycles. The molecule has 13 heavy (non-hydrogen) atoms. The van der Waals surface area contributed by atoms with Gasteiger partial charge in [-0.05, 0) is 26.2 Å². The monoisotopic (exact) mass is 184 g/mol. The maximum atomic E-state index is 11.6. The van der Waals surface area contributed by atoms with Gasteiger partial charge in [-0.2, -0.15) is 0 Å². The van der Waals surface area contributed by atoms with Gasteiger partial charge in [0.2, 0.25) is 0 Å². The second-order valence-corrected chi connectivity index (χ2v) is 3.75. The van der Waals surface area contributed by atoms with Crippen molar-refractivity contribution in [1.82, 2.24) is 0 Å². The van der Waals surface area contributed by atoms with E-state index in [1.54, 1.807) is 0 Å². The summed E-state index contributed by atoms with van der Waals surface area (Å²) in [6.45, 7) is 3.52. The van der Waals surface area contributed by atoms with E-state index < -0.39 is 0 Å². The largest absolute Gasteiger partial charge is 0.382 e. The van der Waals surface area contributed by atoms with Crippen LogP contribution in [-0.2, 0) is 9.53 Å². The molecule has 0 aromatic rings. The molecule has 1 unspecified atom stereocenters. The molecule has 1 atom stereocenters. The van der Waals surface area contributed by atoms with Gasteiger partial charge in [0.25, 0.3) is 0 Å². The van der Waals surface area contributed by atoms with Crippen LogP contribution in [0.4, 0.5) is 0 Å². The molecule has 1 rings (SSSR count). The molecule has 0 spiro atoms. The molecule has 76 valence electrons. The van der Waals surface area contributed by atoms with E-state index in [2.05, 4.69) is 0 Å². The Bertz CT molecular complexity index is 154. The van der Waals surface area contributed by atoms with Crippen LogP contribution in [0.3, 0.4) is 0 Å². The van der Waals surface area contributed by atoms with Gasteiger partial charge in [-0.25, -0.2) is 0 Å². The highest BCUT2D eigenvalue weighted by atomic mass is 16.5. The van der Waals surface area contributed by atoms with E-state index in [4.69, 9.17) is 4.74 Å². The standard InChI is InChI=1S/C11H20O2/c1-2-13-9-8-10-6-4-3-5-7-11(10)12/h10H,2-9H2,1H3. The number of hydrogen-bond donors (Lipinski definition) is 0. The first-order valence-corrected chi connectivity index (χ1v) is 5.45. The lowest BCUT2D eigenvalue weighted by molar-refractivity contribution is -0.123. The summed E-state index contributed by atoms with van der Waals surface area (Å²) in [4.78, 5) is 11.6. The molecule has 0 N–H and O–H groups in total. The Labute approximate surface area is 80.7 Å². The molecule has 0 aromatic carbocycles. The Kier molecular flexibility index (Phi) is 5.06. The summed E-state index contributed by atoms with van der Waals surface area (Å²) in [5, 5.41) is 0. The van der Waals surface area contributed by atoms with E-state index in [0.29, 0.717) is 11.7 Å². The third-order valence-corrected chi connectivity index (χ3v) is 2.75. The molecular weight excluding hydrogens is 164 g/mol. The molecule has 2 nitrogen and oxygen atoms in total. The van der Waals surface area contributed by atoms with Crippen molar-refractivity contribution >= 4 is 5.78 Å². The fourth-order valence-corrected chi connectivity index (χ4v) is 1.91. The fourth-order valence-electron chi connectivity index (χ4n) is 1.91. The lowest BCUT2D eigenvalue weighted by atomic mass is 9.96. The number of carbonyl (C=O) groups excluding carboxylic acids is 1. The zero-order chi connectivity index (χ0) is 9.52. The highest BCUT2D eigenvalue weighted by molar-refractivity contribution is 5.81. The van der Waals surface area contributed by atoms with Gasteiger partial charge in [0, 0.05) is 25.6 Å². The summed E-state index contributed by atoms with van der Waals surface area (Å²) in [6, 6.07) is 0. The first-order chi connectivity index (χ1) is 6.34. The zero-order valence-corrected chi connectivity index (χ0v) is 8.55. The predicted octanol–water partition coefficient (Wildman–Crippen LogP) is 2.56. The second-order valence-electron chi connectivity index (χ2n) is 3.75. The van der Waals surface area contributed by atoms with E-state index in [1.807, 2.05) is 6.92 Å². The molecule has 2 heteroatoms. The lowest BCUT2D eigenvalue weighted by Gasteiger charge is -2.11. The van der Waals surface area contributed by atoms with Crippen molar-refractivity contribution in [2.24, 2.45) is 5.92 Å². The summed E-state index contributed by atoms with van der Waals surface area (Å²) >= 11 is 0. The number of ketones is 1. The van der Waals surface area contributed by atoms with Crippen LogP contribution in [0.15, 0.2) is 0 Å². The van der Waals surface area contributed by atoms with Crippen LogP contribution in [0.25, 0.3) is 0 Å². The molecule has 0 heterocycles. The topological polar surface area (TPSA) is 26.3 Å².